The van der Waals surface area contributed by atoms with Gasteiger partial charge in [-0.2, -0.15) is 0 Å². The lowest BCUT2D eigenvalue weighted by molar-refractivity contribution is -0.153. The highest BCUT2D eigenvalue weighted by Crippen LogP contribution is 2.40. The fourth-order valence-corrected chi connectivity index (χ4v) is 2.00. The van der Waals surface area contributed by atoms with Crippen LogP contribution in [0.1, 0.15) is 19.3 Å². The van der Waals surface area contributed by atoms with E-state index in [1.54, 1.807) is 0 Å². The molecule has 6 N–H and O–H groups in total. The maximum atomic E-state index is 11.8. The molecule has 0 atom stereocenters. The van der Waals surface area contributed by atoms with Gasteiger partial charge in [0.15, 0.2) is 0 Å². The van der Waals surface area contributed by atoms with Crippen molar-refractivity contribution in [3.05, 3.63) is 0 Å². The molecule has 1 rings (SSSR count). The number of primary amides is 2. The number of carboxylic acid groups (broad SMARTS) is 1. The minimum atomic E-state index is -0.972. The van der Waals surface area contributed by atoms with E-state index < -0.39 is 42.3 Å². The van der Waals surface area contributed by atoms with E-state index in [1.165, 1.54) is 0 Å². The van der Waals surface area contributed by atoms with Gasteiger partial charge in [0.2, 0.25) is 11.8 Å². The van der Waals surface area contributed by atoms with Gasteiger partial charge in [-0.1, -0.05) is 6.42 Å². The van der Waals surface area contributed by atoms with E-state index in [-0.39, 0.29) is 6.54 Å². The molecule has 0 spiro atoms. The second-order valence-electron chi connectivity index (χ2n) is 4.89. The minimum absolute atomic E-state index is 0.0603. The van der Waals surface area contributed by atoms with E-state index in [4.69, 9.17) is 16.6 Å². The Morgan fingerprint density at radius 1 is 1.10 bits per heavy atom. The third-order valence-corrected chi connectivity index (χ3v) is 3.32. The van der Waals surface area contributed by atoms with E-state index >= 15 is 0 Å². The minimum Gasteiger partial charge on any atom is -0.481 e. The number of hydrogen-bond donors (Lipinski definition) is 4. The number of carbonyl (C=O) groups is 4. The molecule has 1 aliphatic carbocycles. The zero-order valence-electron chi connectivity index (χ0n) is 10.9. The van der Waals surface area contributed by atoms with E-state index in [1.807, 2.05) is 0 Å². The molecular weight excluding hydrogens is 268 g/mol. The van der Waals surface area contributed by atoms with Crippen molar-refractivity contribution < 1.29 is 24.3 Å². The van der Waals surface area contributed by atoms with Crippen LogP contribution in [0.15, 0.2) is 0 Å². The van der Waals surface area contributed by atoms with Crippen LogP contribution in [0.2, 0.25) is 0 Å². The van der Waals surface area contributed by atoms with Crippen LogP contribution < -0.4 is 16.8 Å². The van der Waals surface area contributed by atoms with E-state index in [0.29, 0.717) is 12.8 Å². The first kappa shape index (κ1) is 15.7. The summed E-state index contributed by atoms with van der Waals surface area (Å²) >= 11 is 0. The molecule has 9 heteroatoms. The first-order valence-corrected chi connectivity index (χ1v) is 6.09. The number of aliphatic carboxylic acids is 1. The lowest BCUT2D eigenvalue weighted by atomic mass is 9.69. The van der Waals surface area contributed by atoms with Gasteiger partial charge < -0.3 is 26.8 Å². The summed E-state index contributed by atoms with van der Waals surface area (Å²) in [6, 6.07) is -0.741. The molecule has 4 amide bonds. The lowest BCUT2D eigenvalue weighted by Gasteiger charge is -2.38. The highest BCUT2D eigenvalue weighted by atomic mass is 16.4. The molecule has 0 saturated heterocycles. The van der Waals surface area contributed by atoms with Crippen LogP contribution >= 0.6 is 0 Å². The molecule has 20 heavy (non-hydrogen) atoms. The van der Waals surface area contributed by atoms with E-state index in [0.717, 1.165) is 11.3 Å². The maximum absolute atomic E-state index is 11.8. The number of hydrogen-bond acceptors (Lipinski definition) is 4. The number of carboxylic acids is 1. The summed E-state index contributed by atoms with van der Waals surface area (Å²) < 4.78 is 0. The third-order valence-electron chi connectivity index (χ3n) is 3.32. The second-order valence-corrected chi connectivity index (χ2v) is 4.89. The quantitative estimate of drug-likeness (QED) is 0.435. The highest BCUT2D eigenvalue weighted by Gasteiger charge is 2.44. The van der Waals surface area contributed by atoms with Gasteiger partial charge >= 0.3 is 12.0 Å². The molecule has 0 radical (unpaired) electrons. The Hall–Kier alpha value is -2.32. The summed E-state index contributed by atoms with van der Waals surface area (Å²) in [6.07, 6.45) is 1.75. The largest absolute Gasteiger partial charge is 0.481 e. The molecule has 0 bridgehead atoms. The first-order valence-electron chi connectivity index (χ1n) is 6.09. The van der Waals surface area contributed by atoms with Crippen LogP contribution in [0, 0.1) is 5.41 Å². The predicted octanol–water partition coefficient (Wildman–Crippen LogP) is -1.78. The molecule has 0 heterocycles. The zero-order valence-corrected chi connectivity index (χ0v) is 10.9. The molecule has 1 saturated carbocycles. The molecular formula is C11H18N4O5. The molecule has 0 aromatic carbocycles. The molecule has 0 aromatic heterocycles. The molecule has 1 aliphatic rings. The Labute approximate surface area is 115 Å². The first-order chi connectivity index (χ1) is 9.27. The summed E-state index contributed by atoms with van der Waals surface area (Å²) in [7, 11) is 0. The number of rotatable bonds is 7. The van der Waals surface area contributed by atoms with Crippen molar-refractivity contribution in [3.8, 4) is 0 Å². The Morgan fingerprint density at radius 3 is 1.90 bits per heavy atom. The highest BCUT2D eigenvalue weighted by molar-refractivity contribution is 5.87. The van der Waals surface area contributed by atoms with Crippen molar-refractivity contribution in [2.24, 2.45) is 16.9 Å². The third kappa shape index (κ3) is 3.84. The van der Waals surface area contributed by atoms with Gasteiger partial charge in [-0.15, -0.1) is 0 Å². The molecule has 0 aliphatic heterocycles. The predicted molar refractivity (Wildman–Crippen MR) is 67.3 cm³/mol. The van der Waals surface area contributed by atoms with Crippen molar-refractivity contribution in [2.45, 2.75) is 19.3 Å². The summed E-state index contributed by atoms with van der Waals surface area (Å²) in [5.74, 6) is -2.56. The number of nitrogens with one attached hydrogen (secondary N) is 1. The van der Waals surface area contributed by atoms with Crippen molar-refractivity contribution in [2.75, 3.05) is 19.6 Å². The Kier molecular flexibility index (Phi) is 4.89. The average molecular weight is 286 g/mol. The summed E-state index contributed by atoms with van der Waals surface area (Å²) in [6.45, 7) is -0.987. The van der Waals surface area contributed by atoms with Gasteiger partial charge in [0.05, 0.1) is 5.41 Å². The summed E-state index contributed by atoms with van der Waals surface area (Å²) in [5, 5.41) is 11.5. The second kappa shape index (κ2) is 6.22. The molecule has 9 nitrogen and oxygen atoms in total. The van der Waals surface area contributed by atoms with Gasteiger partial charge in [-0.25, -0.2) is 4.79 Å². The normalized spacial score (nSPS) is 15.8. The monoisotopic (exact) mass is 286 g/mol. The van der Waals surface area contributed by atoms with Crippen LogP contribution in [-0.4, -0.2) is 53.5 Å². The SMILES string of the molecule is NC(=O)CN(CC(N)=O)C(=O)NCC1(C(=O)O)CCC1. The summed E-state index contributed by atoms with van der Waals surface area (Å²) in [4.78, 5) is 45.5. The Bertz CT molecular complexity index is 417. The number of nitrogens with zero attached hydrogens (tertiary/aromatic N) is 1. The van der Waals surface area contributed by atoms with Gasteiger partial charge in [-0.05, 0) is 12.8 Å². The number of nitrogens with two attached hydrogens (primary N) is 2. The van der Waals surface area contributed by atoms with Crippen molar-refractivity contribution >= 4 is 23.8 Å². The Balaban J connectivity index is 2.59. The number of carbonyl (C=O) groups excluding carboxylic acids is 3. The standard InChI is InChI=1S/C11H18N4O5/c12-7(16)4-15(5-8(13)17)10(20)14-6-11(9(18)19)2-1-3-11/h1-6H2,(H2,12,16)(H2,13,17)(H,14,20)(H,18,19). The molecule has 1 fully saturated rings. The fourth-order valence-electron chi connectivity index (χ4n) is 2.00. The van der Waals surface area contributed by atoms with Gasteiger partial charge in [-0.3, -0.25) is 14.4 Å². The molecule has 0 aromatic rings. The van der Waals surface area contributed by atoms with Crippen LogP contribution in [0.3, 0.4) is 0 Å². The van der Waals surface area contributed by atoms with Crippen LogP contribution in [-0.2, 0) is 14.4 Å². The average Bonchev–Trinajstić information content (AvgIpc) is 2.24. The zero-order chi connectivity index (χ0) is 15.3. The summed E-state index contributed by atoms with van der Waals surface area (Å²) in [5.41, 5.74) is 8.98. The lowest BCUT2D eigenvalue weighted by Crippen LogP contribution is -2.53. The topological polar surface area (TPSA) is 156 Å². The van der Waals surface area contributed by atoms with Gasteiger partial charge in [0.1, 0.15) is 13.1 Å². The van der Waals surface area contributed by atoms with E-state index in [9.17, 15) is 19.2 Å². The maximum Gasteiger partial charge on any atom is 0.318 e. The molecule has 112 valence electrons. The van der Waals surface area contributed by atoms with Crippen molar-refractivity contribution in [1.29, 1.82) is 0 Å². The number of amides is 4. The smallest absolute Gasteiger partial charge is 0.318 e. The van der Waals surface area contributed by atoms with Crippen LogP contribution in [0.5, 0.6) is 0 Å². The van der Waals surface area contributed by atoms with Gasteiger partial charge in [0, 0.05) is 6.54 Å². The molecule has 0 unspecified atom stereocenters. The fraction of sp³-hybridized carbons (Fsp3) is 0.636. The van der Waals surface area contributed by atoms with Crippen molar-refractivity contribution in [3.63, 3.8) is 0 Å². The van der Waals surface area contributed by atoms with Gasteiger partial charge in [0.25, 0.3) is 0 Å². The van der Waals surface area contributed by atoms with Crippen molar-refractivity contribution in [1.82, 2.24) is 10.2 Å². The Morgan fingerprint density at radius 2 is 1.60 bits per heavy atom. The number of urea groups is 1. The van der Waals surface area contributed by atoms with Crippen LogP contribution in [0.25, 0.3) is 0 Å². The van der Waals surface area contributed by atoms with E-state index in [2.05, 4.69) is 5.32 Å². The van der Waals surface area contributed by atoms with Crippen LogP contribution in [0.4, 0.5) is 4.79 Å².